The van der Waals surface area contributed by atoms with Crippen molar-refractivity contribution in [2.24, 2.45) is 11.8 Å². The zero-order chi connectivity index (χ0) is 9.42. The van der Waals surface area contributed by atoms with Crippen molar-refractivity contribution in [2.75, 3.05) is 13.1 Å². The highest BCUT2D eigenvalue weighted by atomic mass is 16.1. The Bertz CT molecular complexity index is 210. The van der Waals surface area contributed by atoms with Gasteiger partial charge in [0.15, 0.2) is 0 Å². The monoisotopic (exact) mass is 181 g/mol. The third-order valence-electron chi connectivity index (χ3n) is 3.64. The van der Waals surface area contributed by atoms with Crippen LogP contribution in [0.2, 0.25) is 0 Å². The van der Waals surface area contributed by atoms with Gasteiger partial charge in [-0.15, -0.1) is 0 Å². The van der Waals surface area contributed by atoms with Crippen molar-refractivity contribution in [3.63, 3.8) is 0 Å². The molecule has 2 aliphatic rings. The Labute approximate surface area is 80.3 Å². The lowest BCUT2D eigenvalue weighted by molar-refractivity contribution is -0.127. The van der Waals surface area contributed by atoms with Crippen LogP contribution < -0.4 is 0 Å². The van der Waals surface area contributed by atoms with E-state index in [-0.39, 0.29) is 5.92 Å². The van der Waals surface area contributed by atoms with Crippen LogP contribution in [0.1, 0.15) is 33.1 Å². The SMILES string of the molecule is CC1C(=O)CCN(CC2CC2)C1C. The Kier molecular flexibility index (Phi) is 2.41. The minimum atomic E-state index is 0.257. The zero-order valence-electron chi connectivity index (χ0n) is 8.62. The van der Waals surface area contributed by atoms with Gasteiger partial charge in [-0.05, 0) is 25.7 Å². The van der Waals surface area contributed by atoms with E-state index < -0.39 is 0 Å². The summed E-state index contributed by atoms with van der Waals surface area (Å²) < 4.78 is 0. The summed E-state index contributed by atoms with van der Waals surface area (Å²) in [5, 5.41) is 0. The zero-order valence-corrected chi connectivity index (χ0v) is 8.62. The molecule has 2 heteroatoms. The first-order valence-electron chi connectivity index (χ1n) is 5.45. The van der Waals surface area contributed by atoms with Gasteiger partial charge in [-0.3, -0.25) is 9.69 Å². The van der Waals surface area contributed by atoms with Crippen LogP contribution >= 0.6 is 0 Å². The first kappa shape index (κ1) is 9.20. The average Bonchev–Trinajstić information content (AvgIpc) is 2.90. The fourth-order valence-electron chi connectivity index (χ4n) is 2.16. The van der Waals surface area contributed by atoms with Crippen molar-refractivity contribution in [2.45, 2.75) is 39.2 Å². The largest absolute Gasteiger partial charge is 0.299 e. The van der Waals surface area contributed by atoms with Crippen LogP contribution in [-0.2, 0) is 4.79 Å². The van der Waals surface area contributed by atoms with Gasteiger partial charge in [-0.2, -0.15) is 0 Å². The molecule has 1 aliphatic heterocycles. The fourth-order valence-corrected chi connectivity index (χ4v) is 2.16. The van der Waals surface area contributed by atoms with E-state index in [1.54, 1.807) is 0 Å². The number of piperidine rings is 1. The summed E-state index contributed by atoms with van der Waals surface area (Å²) >= 11 is 0. The first-order chi connectivity index (χ1) is 6.18. The van der Waals surface area contributed by atoms with Crippen LogP contribution in [-0.4, -0.2) is 29.8 Å². The number of hydrogen-bond acceptors (Lipinski definition) is 2. The lowest BCUT2D eigenvalue weighted by Gasteiger charge is -2.36. The normalized spacial score (nSPS) is 36.6. The van der Waals surface area contributed by atoms with Gasteiger partial charge >= 0.3 is 0 Å². The molecule has 0 radical (unpaired) electrons. The number of rotatable bonds is 2. The van der Waals surface area contributed by atoms with Gasteiger partial charge in [0, 0.05) is 31.5 Å². The molecule has 0 aromatic carbocycles. The molecule has 1 saturated heterocycles. The Morgan fingerprint density at radius 2 is 2.08 bits per heavy atom. The summed E-state index contributed by atoms with van der Waals surface area (Å²) in [6.45, 7) is 6.51. The van der Waals surface area contributed by atoms with Crippen LogP contribution in [0.15, 0.2) is 0 Å². The molecule has 2 rings (SSSR count). The van der Waals surface area contributed by atoms with Gasteiger partial charge in [0.1, 0.15) is 5.78 Å². The lowest BCUT2D eigenvalue weighted by atomic mass is 9.90. The molecule has 2 unspecified atom stereocenters. The van der Waals surface area contributed by atoms with E-state index in [9.17, 15) is 4.79 Å². The third kappa shape index (κ3) is 1.93. The van der Waals surface area contributed by atoms with Crippen molar-refractivity contribution in [1.29, 1.82) is 0 Å². The summed E-state index contributed by atoms with van der Waals surface area (Å²) in [5.74, 6) is 1.66. The van der Waals surface area contributed by atoms with Crippen LogP contribution in [0.5, 0.6) is 0 Å². The van der Waals surface area contributed by atoms with Gasteiger partial charge in [-0.1, -0.05) is 6.92 Å². The number of likely N-dealkylation sites (tertiary alicyclic amines) is 1. The molecule has 13 heavy (non-hydrogen) atoms. The molecule has 1 aliphatic carbocycles. The molecule has 0 bridgehead atoms. The maximum Gasteiger partial charge on any atom is 0.138 e. The van der Waals surface area contributed by atoms with Crippen molar-refractivity contribution >= 4 is 5.78 Å². The van der Waals surface area contributed by atoms with E-state index in [4.69, 9.17) is 0 Å². The molecular weight excluding hydrogens is 162 g/mol. The lowest BCUT2D eigenvalue weighted by Crippen LogP contribution is -2.47. The molecule has 0 amide bonds. The van der Waals surface area contributed by atoms with Crippen LogP contribution in [0.3, 0.4) is 0 Å². The molecule has 1 heterocycles. The summed E-state index contributed by atoms with van der Waals surface area (Å²) in [7, 11) is 0. The number of nitrogens with zero attached hydrogens (tertiary/aromatic N) is 1. The first-order valence-corrected chi connectivity index (χ1v) is 5.45. The molecule has 74 valence electrons. The maximum atomic E-state index is 11.4. The Balaban J connectivity index is 1.92. The molecule has 0 N–H and O–H groups in total. The number of ketones is 1. The second-order valence-electron chi connectivity index (χ2n) is 4.68. The molecule has 2 atom stereocenters. The van der Waals surface area contributed by atoms with E-state index in [0.717, 1.165) is 18.9 Å². The van der Waals surface area contributed by atoms with E-state index in [2.05, 4.69) is 18.7 Å². The summed E-state index contributed by atoms with van der Waals surface area (Å²) in [5.41, 5.74) is 0. The van der Waals surface area contributed by atoms with Crippen molar-refractivity contribution in [3.8, 4) is 0 Å². The maximum absolute atomic E-state index is 11.4. The van der Waals surface area contributed by atoms with Crippen LogP contribution in [0.4, 0.5) is 0 Å². The summed E-state index contributed by atoms with van der Waals surface area (Å²) in [6.07, 6.45) is 3.59. The van der Waals surface area contributed by atoms with E-state index >= 15 is 0 Å². The highest BCUT2D eigenvalue weighted by Crippen LogP contribution is 2.32. The van der Waals surface area contributed by atoms with Crippen molar-refractivity contribution in [3.05, 3.63) is 0 Å². The van der Waals surface area contributed by atoms with Gasteiger partial charge in [0.2, 0.25) is 0 Å². The molecular formula is C11H19NO. The smallest absolute Gasteiger partial charge is 0.138 e. The number of carbonyl (C=O) groups excluding carboxylic acids is 1. The molecule has 0 aromatic heterocycles. The van der Waals surface area contributed by atoms with E-state index in [1.807, 2.05) is 0 Å². The Morgan fingerprint density at radius 1 is 1.38 bits per heavy atom. The highest BCUT2D eigenvalue weighted by molar-refractivity contribution is 5.82. The Morgan fingerprint density at radius 3 is 2.69 bits per heavy atom. The van der Waals surface area contributed by atoms with Crippen molar-refractivity contribution in [1.82, 2.24) is 4.90 Å². The Hall–Kier alpha value is -0.370. The van der Waals surface area contributed by atoms with Crippen LogP contribution in [0, 0.1) is 11.8 Å². The second kappa shape index (κ2) is 3.41. The minimum absolute atomic E-state index is 0.257. The van der Waals surface area contributed by atoms with E-state index in [0.29, 0.717) is 11.8 Å². The van der Waals surface area contributed by atoms with Gasteiger partial charge in [0.05, 0.1) is 0 Å². The van der Waals surface area contributed by atoms with E-state index in [1.165, 1.54) is 19.4 Å². The number of hydrogen-bond donors (Lipinski definition) is 0. The third-order valence-corrected chi connectivity index (χ3v) is 3.64. The second-order valence-corrected chi connectivity index (χ2v) is 4.68. The molecule has 1 saturated carbocycles. The minimum Gasteiger partial charge on any atom is -0.299 e. The summed E-state index contributed by atoms with van der Waals surface area (Å²) in [6, 6.07) is 0.474. The van der Waals surface area contributed by atoms with Gasteiger partial charge in [-0.25, -0.2) is 0 Å². The standard InChI is InChI=1S/C11H19NO/c1-8-9(2)12(6-5-11(8)13)7-10-3-4-10/h8-10H,3-7H2,1-2H3. The average molecular weight is 181 g/mol. The topological polar surface area (TPSA) is 20.3 Å². The predicted octanol–water partition coefficient (Wildman–Crippen LogP) is 1.70. The number of Topliss-reactive ketones (excluding diaryl/α,β-unsaturated/α-hetero) is 1. The molecule has 2 fully saturated rings. The fraction of sp³-hybridized carbons (Fsp3) is 0.909. The van der Waals surface area contributed by atoms with Gasteiger partial charge in [0.25, 0.3) is 0 Å². The van der Waals surface area contributed by atoms with Crippen molar-refractivity contribution < 1.29 is 4.79 Å². The quantitative estimate of drug-likeness (QED) is 0.646. The van der Waals surface area contributed by atoms with Gasteiger partial charge < -0.3 is 0 Å². The highest BCUT2D eigenvalue weighted by Gasteiger charge is 2.33. The predicted molar refractivity (Wildman–Crippen MR) is 52.5 cm³/mol. The molecule has 2 nitrogen and oxygen atoms in total. The molecule has 0 aromatic rings. The number of carbonyl (C=O) groups is 1. The summed E-state index contributed by atoms with van der Waals surface area (Å²) in [4.78, 5) is 13.9. The van der Waals surface area contributed by atoms with Crippen LogP contribution in [0.25, 0.3) is 0 Å². The molecule has 0 spiro atoms.